The minimum Gasteiger partial charge on any atom is -0.314 e. The van der Waals surface area contributed by atoms with Crippen molar-refractivity contribution in [3.8, 4) is 0 Å². The molecule has 1 aliphatic rings. The molecule has 0 atom stereocenters. The van der Waals surface area contributed by atoms with Gasteiger partial charge in [0.15, 0.2) is 0 Å². The second-order valence-corrected chi connectivity index (χ2v) is 8.90. The summed E-state index contributed by atoms with van der Waals surface area (Å²) in [5, 5.41) is 0. The van der Waals surface area contributed by atoms with Crippen LogP contribution in [-0.4, -0.2) is 14.2 Å². The summed E-state index contributed by atoms with van der Waals surface area (Å²) in [5.74, 6) is -1.16. The van der Waals surface area contributed by atoms with Crippen molar-refractivity contribution < 1.29 is 17.6 Å². The fourth-order valence-electron chi connectivity index (χ4n) is 3.23. The zero-order valence-electron chi connectivity index (χ0n) is 15.9. The maximum atomic E-state index is 13.9. The molecule has 4 rings (SSSR count). The summed E-state index contributed by atoms with van der Waals surface area (Å²) in [6.45, 7) is 3.81. The van der Waals surface area contributed by atoms with Crippen molar-refractivity contribution in [2.45, 2.75) is 18.7 Å². The Balaban J connectivity index is 1.93. The smallest absolute Gasteiger partial charge is 0.214 e. The van der Waals surface area contributed by atoms with E-state index in [1.165, 1.54) is 12.3 Å². The maximum Gasteiger partial charge on any atom is 0.214 e. The van der Waals surface area contributed by atoms with Crippen molar-refractivity contribution >= 4 is 27.0 Å². The number of allylic oxidation sites excluding steroid dienone is 1. The Bertz CT molecular complexity index is 1240. The third-order valence-corrected chi connectivity index (χ3v) is 6.65. The molecule has 0 amide bonds. The molecular weight excluding hydrogens is 389 g/mol. The number of anilines is 2. The van der Waals surface area contributed by atoms with E-state index in [2.05, 4.69) is 0 Å². The highest BCUT2D eigenvalue weighted by atomic mass is 32.2. The average Bonchev–Trinajstić information content (AvgIpc) is 2.69. The van der Waals surface area contributed by atoms with Crippen molar-refractivity contribution in [1.29, 1.82) is 0 Å². The molecule has 3 aromatic rings. The van der Waals surface area contributed by atoms with E-state index >= 15 is 0 Å². The number of hydrogen-bond donors (Lipinski definition) is 0. The van der Waals surface area contributed by atoms with Gasteiger partial charge in [0.2, 0.25) is 15.6 Å². The number of nitrogens with zero attached hydrogens (tertiary/aromatic N) is 1. The van der Waals surface area contributed by atoms with Crippen molar-refractivity contribution in [3.05, 3.63) is 100 Å². The number of sulfone groups is 1. The number of carbonyl (C=O) groups excluding carboxylic acids is 1. The summed E-state index contributed by atoms with van der Waals surface area (Å²) in [7, 11) is -4.10. The fourth-order valence-corrected chi connectivity index (χ4v) is 4.75. The van der Waals surface area contributed by atoms with Gasteiger partial charge in [-0.05, 0) is 44.2 Å². The molecule has 0 N–H and O–H groups in total. The van der Waals surface area contributed by atoms with Crippen LogP contribution in [0.5, 0.6) is 0 Å². The number of ketones is 1. The Kier molecular flexibility index (Phi) is 4.59. The highest BCUT2D eigenvalue weighted by Crippen LogP contribution is 2.40. The summed E-state index contributed by atoms with van der Waals surface area (Å²) in [4.78, 5) is 14.2. The van der Waals surface area contributed by atoms with Gasteiger partial charge in [0.25, 0.3) is 0 Å². The third-order valence-electron chi connectivity index (χ3n) is 4.86. The van der Waals surface area contributed by atoms with Gasteiger partial charge in [-0.1, -0.05) is 47.5 Å². The van der Waals surface area contributed by atoms with E-state index in [9.17, 15) is 17.6 Å². The van der Waals surface area contributed by atoms with Gasteiger partial charge in [-0.3, -0.25) is 4.79 Å². The van der Waals surface area contributed by atoms with Gasteiger partial charge < -0.3 is 4.90 Å². The van der Waals surface area contributed by atoms with Crippen LogP contribution in [0.25, 0.3) is 0 Å². The molecule has 4 nitrogen and oxygen atoms in total. The molecule has 1 aliphatic heterocycles. The number of aryl methyl sites for hydroxylation is 2. The molecule has 0 bridgehead atoms. The van der Waals surface area contributed by atoms with Crippen LogP contribution in [0.15, 0.2) is 82.7 Å². The van der Waals surface area contributed by atoms with Gasteiger partial charge in [0, 0.05) is 17.5 Å². The molecule has 29 heavy (non-hydrogen) atoms. The van der Waals surface area contributed by atoms with E-state index < -0.39 is 21.4 Å². The van der Waals surface area contributed by atoms with E-state index in [1.807, 2.05) is 26.0 Å². The lowest BCUT2D eigenvalue weighted by Crippen LogP contribution is -2.26. The summed E-state index contributed by atoms with van der Waals surface area (Å²) in [6.07, 6.45) is 1.28. The monoisotopic (exact) mass is 407 g/mol. The summed E-state index contributed by atoms with van der Waals surface area (Å²) in [5.41, 5.74) is 3.07. The van der Waals surface area contributed by atoms with Crippen LogP contribution in [0.3, 0.4) is 0 Å². The first kappa shape index (κ1) is 19.1. The van der Waals surface area contributed by atoms with Crippen LogP contribution in [0.4, 0.5) is 15.8 Å². The minimum absolute atomic E-state index is 0.0996. The molecule has 0 radical (unpaired) electrons. The maximum absolute atomic E-state index is 13.9. The number of hydrogen-bond acceptors (Lipinski definition) is 4. The van der Waals surface area contributed by atoms with Gasteiger partial charge in [-0.15, -0.1) is 0 Å². The number of Topliss-reactive ketones (excluding diaryl/α,β-unsaturated/α-hetero) is 1. The van der Waals surface area contributed by atoms with Crippen molar-refractivity contribution in [3.63, 3.8) is 0 Å². The summed E-state index contributed by atoms with van der Waals surface area (Å²) in [6, 6.07) is 17.5. The second kappa shape index (κ2) is 6.97. The molecule has 146 valence electrons. The number of fused-ring (bicyclic) bond motifs is 1. The molecule has 0 unspecified atom stereocenters. The topological polar surface area (TPSA) is 54.5 Å². The lowest BCUT2D eigenvalue weighted by atomic mass is 10.1. The van der Waals surface area contributed by atoms with Crippen LogP contribution >= 0.6 is 0 Å². The molecule has 0 aromatic heterocycles. The van der Waals surface area contributed by atoms with Gasteiger partial charge in [0.1, 0.15) is 10.7 Å². The van der Waals surface area contributed by atoms with E-state index in [-0.39, 0.29) is 21.1 Å². The molecule has 0 fully saturated rings. The molecule has 0 saturated heterocycles. The van der Waals surface area contributed by atoms with E-state index in [0.717, 1.165) is 23.3 Å². The summed E-state index contributed by atoms with van der Waals surface area (Å²) < 4.78 is 40.3. The zero-order valence-corrected chi connectivity index (χ0v) is 16.7. The second-order valence-electron chi connectivity index (χ2n) is 7.01. The fraction of sp³-hybridized carbons (Fsp3) is 0.0870. The molecule has 3 aromatic carbocycles. The third kappa shape index (κ3) is 3.36. The lowest BCUT2D eigenvalue weighted by molar-refractivity contribution is 0.104. The SMILES string of the molecule is Cc1ccc(C(=O)C2=CN(c3ccc(C)cc3)c3cc(F)ccc3S2(=O)=O)cc1. The minimum atomic E-state index is -4.10. The Morgan fingerprint density at radius 1 is 0.862 bits per heavy atom. The van der Waals surface area contributed by atoms with Crippen LogP contribution in [-0.2, 0) is 9.84 Å². The largest absolute Gasteiger partial charge is 0.314 e. The number of benzene rings is 3. The Hall–Kier alpha value is -3.25. The van der Waals surface area contributed by atoms with E-state index in [4.69, 9.17) is 0 Å². The normalized spacial score (nSPS) is 14.9. The quantitative estimate of drug-likeness (QED) is 0.448. The lowest BCUT2D eigenvalue weighted by Gasteiger charge is -2.29. The molecule has 0 saturated carbocycles. The van der Waals surface area contributed by atoms with Crippen LogP contribution < -0.4 is 4.90 Å². The van der Waals surface area contributed by atoms with Gasteiger partial charge in [-0.25, -0.2) is 12.8 Å². The van der Waals surface area contributed by atoms with Gasteiger partial charge in [0.05, 0.1) is 10.6 Å². The Morgan fingerprint density at radius 3 is 2.07 bits per heavy atom. The van der Waals surface area contributed by atoms with Gasteiger partial charge in [-0.2, -0.15) is 0 Å². The molecule has 0 spiro atoms. The number of carbonyl (C=O) groups is 1. The number of rotatable bonds is 3. The van der Waals surface area contributed by atoms with Crippen molar-refractivity contribution in [1.82, 2.24) is 0 Å². The average molecular weight is 407 g/mol. The van der Waals surface area contributed by atoms with Crippen molar-refractivity contribution in [2.24, 2.45) is 0 Å². The first-order valence-corrected chi connectivity index (χ1v) is 10.5. The van der Waals surface area contributed by atoms with Gasteiger partial charge >= 0.3 is 0 Å². The Labute approximate surface area is 168 Å². The molecule has 1 heterocycles. The van der Waals surface area contributed by atoms with E-state index in [0.29, 0.717) is 5.69 Å². The molecular formula is C23H18FNO3S. The zero-order chi connectivity index (χ0) is 20.8. The predicted octanol–water partition coefficient (Wildman–Crippen LogP) is 5.09. The van der Waals surface area contributed by atoms with Crippen LogP contribution in [0.1, 0.15) is 21.5 Å². The first-order valence-electron chi connectivity index (χ1n) is 9.01. The van der Waals surface area contributed by atoms with E-state index in [1.54, 1.807) is 41.3 Å². The predicted molar refractivity (Wildman–Crippen MR) is 110 cm³/mol. The molecule has 0 aliphatic carbocycles. The number of halogens is 1. The van der Waals surface area contributed by atoms with Crippen molar-refractivity contribution in [2.75, 3.05) is 4.90 Å². The van der Waals surface area contributed by atoms with Crippen LogP contribution in [0.2, 0.25) is 0 Å². The Morgan fingerprint density at radius 2 is 1.45 bits per heavy atom. The standard InChI is InChI=1S/C23H18FNO3S/c1-15-3-7-17(8-4-15)23(26)22-14-25(19-10-5-16(2)6-11-19)20-13-18(24)9-12-21(20)29(22,27)28/h3-14H,1-2H3. The van der Waals surface area contributed by atoms with Crippen LogP contribution in [0, 0.1) is 19.7 Å². The first-order chi connectivity index (χ1) is 13.8. The highest BCUT2D eigenvalue weighted by molar-refractivity contribution is 7.96. The summed E-state index contributed by atoms with van der Waals surface area (Å²) >= 11 is 0. The molecule has 6 heteroatoms. The highest BCUT2D eigenvalue weighted by Gasteiger charge is 2.36.